The zero-order chi connectivity index (χ0) is 14.4. The van der Waals surface area contributed by atoms with Gasteiger partial charge >= 0.3 is 0 Å². The van der Waals surface area contributed by atoms with Crippen molar-refractivity contribution in [2.45, 2.75) is 25.7 Å². The highest BCUT2D eigenvalue weighted by atomic mass is 14.5. The average molecular weight is 275 g/mol. The second-order valence-corrected chi connectivity index (χ2v) is 6.42. The van der Waals surface area contributed by atoms with Crippen molar-refractivity contribution in [1.82, 2.24) is 0 Å². The quantitative estimate of drug-likeness (QED) is 0.831. The fourth-order valence-electron chi connectivity index (χ4n) is 3.99. The molecule has 2 aromatic carbocycles. The van der Waals surface area contributed by atoms with Crippen LogP contribution in [0.4, 0.5) is 0 Å². The molecule has 0 saturated carbocycles. The number of rotatable bonds is 1. The van der Waals surface area contributed by atoms with Crippen molar-refractivity contribution >= 4 is 6.08 Å². The van der Waals surface area contributed by atoms with Gasteiger partial charge in [0, 0.05) is 0 Å². The number of hydrogen-bond acceptors (Lipinski definition) is 1. The van der Waals surface area contributed by atoms with Crippen LogP contribution in [0, 0.1) is 5.92 Å². The minimum absolute atomic E-state index is 0.494. The molecule has 2 aliphatic rings. The van der Waals surface area contributed by atoms with Gasteiger partial charge in [0.25, 0.3) is 0 Å². The van der Waals surface area contributed by atoms with Gasteiger partial charge in [-0.2, -0.15) is 0 Å². The molecule has 2 N–H and O–H groups in total. The van der Waals surface area contributed by atoms with Crippen LogP contribution in [0.25, 0.3) is 17.2 Å². The van der Waals surface area contributed by atoms with Crippen LogP contribution < -0.4 is 5.73 Å². The molecular weight excluding hydrogens is 254 g/mol. The Kier molecular flexibility index (Phi) is 2.97. The zero-order valence-corrected chi connectivity index (χ0v) is 12.5. The lowest BCUT2D eigenvalue weighted by Gasteiger charge is -2.31. The van der Waals surface area contributed by atoms with E-state index in [1.807, 2.05) is 0 Å². The molecule has 21 heavy (non-hydrogen) atoms. The lowest BCUT2D eigenvalue weighted by Crippen LogP contribution is -2.20. The van der Waals surface area contributed by atoms with Gasteiger partial charge in [0.05, 0.1) is 0 Å². The molecule has 0 saturated heterocycles. The van der Waals surface area contributed by atoms with E-state index in [-0.39, 0.29) is 0 Å². The van der Waals surface area contributed by atoms with Crippen molar-refractivity contribution in [1.29, 1.82) is 0 Å². The van der Waals surface area contributed by atoms with Gasteiger partial charge < -0.3 is 5.73 Å². The summed E-state index contributed by atoms with van der Waals surface area (Å²) in [4.78, 5) is 0. The van der Waals surface area contributed by atoms with E-state index in [2.05, 4.69) is 55.5 Å². The molecule has 0 spiro atoms. The Hall–Kier alpha value is -1.86. The van der Waals surface area contributed by atoms with E-state index in [4.69, 9.17) is 5.73 Å². The first-order valence-corrected chi connectivity index (χ1v) is 7.90. The molecule has 2 aromatic rings. The molecular formula is C20H21N. The minimum atomic E-state index is 0.494. The van der Waals surface area contributed by atoms with E-state index < -0.39 is 0 Å². The van der Waals surface area contributed by atoms with E-state index >= 15 is 0 Å². The second-order valence-electron chi connectivity index (χ2n) is 6.42. The van der Waals surface area contributed by atoms with Gasteiger partial charge in [-0.05, 0) is 64.6 Å². The van der Waals surface area contributed by atoms with Crippen LogP contribution >= 0.6 is 0 Å². The maximum Gasteiger partial charge on any atom is -0.00108 e. The molecule has 1 heteroatoms. The third-order valence-corrected chi connectivity index (χ3v) is 5.04. The highest BCUT2D eigenvalue weighted by Gasteiger charge is 2.27. The zero-order valence-electron chi connectivity index (χ0n) is 12.5. The maximum atomic E-state index is 5.90. The van der Waals surface area contributed by atoms with Crippen molar-refractivity contribution in [3.8, 4) is 11.1 Å². The molecule has 0 aromatic heterocycles. The van der Waals surface area contributed by atoms with Crippen LogP contribution in [0.5, 0.6) is 0 Å². The molecule has 2 unspecified atom stereocenters. The molecule has 0 heterocycles. The van der Waals surface area contributed by atoms with Gasteiger partial charge in [-0.3, -0.25) is 0 Å². The Balaban J connectivity index is 1.94. The first-order chi connectivity index (χ1) is 10.3. The van der Waals surface area contributed by atoms with Gasteiger partial charge in [0.2, 0.25) is 0 Å². The lowest BCUT2D eigenvalue weighted by atomic mass is 9.73. The largest absolute Gasteiger partial charge is 0.330 e. The van der Waals surface area contributed by atoms with Gasteiger partial charge in [-0.1, -0.05) is 55.5 Å². The minimum Gasteiger partial charge on any atom is -0.330 e. The molecule has 0 aliphatic heterocycles. The maximum absolute atomic E-state index is 5.90. The van der Waals surface area contributed by atoms with Gasteiger partial charge in [-0.15, -0.1) is 0 Å². The summed E-state index contributed by atoms with van der Waals surface area (Å²) in [6, 6.07) is 13.5. The first-order valence-electron chi connectivity index (χ1n) is 7.90. The summed E-state index contributed by atoms with van der Waals surface area (Å²) in [6.07, 6.45) is 6.79. The third-order valence-electron chi connectivity index (χ3n) is 5.04. The Labute approximate surface area is 126 Å². The normalized spacial score (nSPS) is 22.4. The van der Waals surface area contributed by atoms with Crippen molar-refractivity contribution in [3.05, 3.63) is 64.7 Å². The third kappa shape index (κ3) is 1.96. The summed E-state index contributed by atoms with van der Waals surface area (Å²) in [5.74, 6) is 1.09. The summed E-state index contributed by atoms with van der Waals surface area (Å²) < 4.78 is 0. The van der Waals surface area contributed by atoms with Crippen molar-refractivity contribution in [3.63, 3.8) is 0 Å². The molecule has 0 radical (unpaired) electrons. The highest BCUT2D eigenvalue weighted by Crippen LogP contribution is 2.43. The Morgan fingerprint density at radius 2 is 1.90 bits per heavy atom. The van der Waals surface area contributed by atoms with Crippen molar-refractivity contribution in [2.24, 2.45) is 11.7 Å². The van der Waals surface area contributed by atoms with E-state index in [0.29, 0.717) is 11.8 Å². The first kappa shape index (κ1) is 12.8. The Morgan fingerprint density at radius 1 is 1.05 bits per heavy atom. The van der Waals surface area contributed by atoms with Gasteiger partial charge in [-0.25, -0.2) is 0 Å². The second kappa shape index (κ2) is 4.85. The van der Waals surface area contributed by atoms with E-state index in [1.54, 1.807) is 5.56 Å². The SMILES string of the molecule is CC1Cc2ccccc2-c2ccc3c(c21)CC(CN)C=C3. The fraction of sp³-hybridized carbons (Fsp3) is 0.300. The fourth-order valence-corrected chi connectivity index (χ4v) is 3.99. The summed E-state index contributed by atoms with van der Waals surface area (Å²) >= 11 is 0. The Bertz CT molecular complexity index is 727. The number of benzene rings is 2. The standard InChI is InChI=1S/C20H21N/c1-13-10-16-4-2-3-5-17(16)18-9-8-15-7-6-14(12-21)11-19(15)20(13)18/h2-9,13-14H,10-12,21H2,1H3. The average Bonchev–Trinajstić information content (AvgIpc) is 2.53. The summed E-state index contributed by atoms with van der Waals surface area (Å²) in [5, 5.41) is 0. The van der Waals surface area contributed by atoms with Crippen LogP contribution in [0.2, 0.25) is 0 Å². The summed E-state index contributed by atoms with van der Waals surface area (Å²) in [6.45, 7) is 3.11. The van der Waals surface area contributed by atoms with E-state index in [0.717, 1.165) is 19.4 Å². The molecule has 1 nitrogen and oxygen atoms in total. The van der Waals surface area contributed by atoms with Gasteiger partial charge in [0.1, 0.15) is 0 Å². The predicted molar refractivity (Wildman–Crippen MR) is 89.3 cm³/mol. The van der Waals surface area contributed by atoms with Crippen molar-refractivity contribution < 1.29 is 0 Å². The Morgan fingerprint density at radius 3 is 2.76 bits per heavy atom. The topological polar surface area (TPSA) is 26.0 Å². The van der Waals surface area contributed by atoms with Crippen LogP contribution in [0.3, 0.4) is 0 Å². The van der Waals surface area contributed by atoms with Crippen LogP contribution in [-0.4, -0.2) is 6.54 Å². The molecule has 0 fully saturated rings. The summed E-state index contributed by atoms with van der Waals surface area (Å²) in [5.41, 5.74) is 14.7. The van der Waals surface area contributed by atoms with Crippen LogP contribution in [-0.2, 0) is 12.8 Å². The van der Waals surface area contributed by atoms with E-state index in [9.17, 15) is 0 Å². The van der Waals surface area contributed by atoms with Crippen LogP contribution in [0.15, 0.2) is 42.5 Å². The number of fused-ring (bicyclic) bond motifs is 5. The predicted octanol–water partition coefficient (Wildman–Crippen LogP) is 4.16. The molecule has 2 atom stereocenters. The van der Waals surface area contributed by atoms with E-state index in [1.165, 1.54) is 27.8 Å². The molecule has 0 amide bonds. The monoisotopic (exact) mass is 275 g/mol. The number of hydrogen-bond donors (Lipinski definition) is 1. The smallest absolute Gasteiger partial charge is 0.00108 e. The molecule has 0 bridgehead atoms. The van der Waals surface area contributed by atoms with Crippen LogP contribution in [0.1, 0.15) is 35.1 Å². The lowest BCUT2D eigenvalue weighted by molar-refractivity contribution is 0.638. The highest BCUT2D eigenvalue weighted by molar-refractivity contribution is 5.78. The molecule has 4 rings (SSSR count). The van der Waals surface area contributed by atoms with Gasteiger partial charge in [0.15, 0.2) is 0 Å². The molecule has 106 valence electrons. The van der Waals surface area contributed by atoms with Crippen molar-refractivity contribution in [2.75, 3.05) is 6.54 Å². The summed E-state index contributed by atoms with van der Waals surface area (Å²) in [7, 11) is 0. The molecule has 2 aliphatic carbocycles. The number of nitrogens with two attached hydrogens (primary N) is 1.